The van der Waals surface area contributed by atoms with Crippen molar-refractivity contribution >= 4 is 21.5 Å². The highest BCUT2D eigenvalue weighted by molar-refractivity contribution is 6.08. The summed E-state index contributed by atoms with van der Waals surface area (Å²) in [7, 11) is 0. The molecule has 0 atom stereocenters. The van der Waals surface area contributed by atoms with Crippen molar-refractivity contribution in [3.63, 3.8) is 0 Å². The third-order valence-corrected chi connectivity index (χ3v) is 3.40. The van der Waals surface area contributed by atoms with E-state index in [0.717, 1.165) is 11.5 Å². The molecule has 0 N–H and O–H groups in total. The minimum Gasteiger partial charge on any atom is -0.494 e. The van der Waals surface area contributed by atoms with Crippen LogP contribution < -0.4 is 9.47 Å². The number of benzene rings is 3. The van der Waals surface area contributed by atoms with Crippen molar-refractivity contribution in [2.45, 2.75) is 13.8 Å². The molecule has 0 saturated heterocycles. The first-order valence-electron chi connectivity index (χ1n) is 7.04. The van der Waals surface area contributed by atoms with Crippen molar-refractivity contribution in [1.29, 1.82) is 0 Å². The zero-order valence-corrected chi connectivity index (χ0v) is 11.8. The van der Waals surface area contributed by atoms with Gasteiger partial charge in [-0.15, -0.1) is 0 Å². The molecule has 0 spiro atoms. The third kappa shape index (κ3) is 2.29. The van der Waals surface area contributed by atoms with Gasteiger partial charge >= 0.3 is 0 Å². The molecule has 0 amide bonds. The van der Waals surface area contributed by atoms with Crippen LogP contribution in [0.4, 0.5) is 0 Å². The Kier molecular flexibility index (Phi) is 3.46. The summed E-state index contributed by atoms with van der Waals surface area (Å²) >= 11 is 0. The summed E-state index contributed by atoms with van der Waals surface area (Å²) in [6.07, 6.45) is 0. The van der Waals surface area contributed by atoms with Crippen LogP contribution in [0.5, 0.6) is 11.5 Å². The summed E-state index contributed by atoms with van der Waals surface area (Å²) < 4.78 is 11.2. The molecule has 3 aromatic carbocycles. The normalized spacial score (nSPS) is 10.9. The second-order valence-electron chi connectivity index (χ2n) is 4.70. The fourth-order valence-electron chi connectivity index (χ4n) is 2.52. The predicted molar refractivity (Wildman–Crippen MR) is 83.8 cm³/mol. The number of hydrogen-bond acceptors (Lipinski definition) is 2. The lowest BCUT2D eigenvalue weighted by Gasteiger charge is -2.09. The van der Waals surface area contributed by atoms with E-state index in [1.807, 2.05) is 26.0 Å². The number of rotatable bonds is 4. The zero-order chi connectivity index (χ0) is 13.9. The quantitative estimate of drug-likeness (QED) is 0.632. The van der Waals surface area contributed by atoms with Gasteiger partial charge in [-0.1, -0.05) is 24.3 Å². The van der Waals surface area contributed by atoms with Crippen molar-refractivity contribution < 1.29 is 9.47 Å². The first kappa shape index (κ1) is 12.8. The molecule has 0 aromatic heterocycles. The predicted octanol–water partition coefficient (Wildman–Crippen LogP) is 4.79. The zero-order valence-electron chi connectivity index (χ0n) is 11.8. The Bertz CT molecular complexity index is 682. The standard InChI is InChI=1S/C18H18O2/c1-3-19-15-9-7-13-5-6-14-8-10-16(20-4-2)12-18(14)17(13)11-15/h5-12H,3-4H2,1-2H3. The highest BCUT2D eigenvalue weighted by Crippen LogP contribution is 2.31. The van der Waals surface area contributed by atoms with E-state index in [9.17, 15) is 0 Å². The monoisotopic (exact) mass is 266 g/mol. The Morgan fingerprint density at radius 3 is 1.45 bits per heavy atom. The highest BCUT2D eigenvalue weighted by Gasteiger charge is 2.04. The molecule has 0 saturated carbocycles. The van der Waals surface area contributed by atoms with Gasteiger partial charge in [-0.05, 0) is 59.7 Å². The van der Waals surface area contributed by atoms with Gasteiger partial charge in [-0.3, -0.25) is 0 Å². The van der Waals surface area contributed by atoms with E-state index >= 15 is 0 Å². The van der Waals surface area contributed by atoms with E-state index in [1.165, 1.54) is 21.5 Å². The summed E-state index contributed by atoms with van der Waals surface area (Å²) in [6, 6.07) is 16.8. The van der Waals surface area contributed by atoms with Crippen LogP contribution in [0.3, 0.4) is 0 Å². The largest absolute Gasteiger partial charge is 0.494 e. The lowest BCUT2D eigenvalue weighted by molar-refractivity contribution is 0.340. The molecule has 0 aliphatic rings. The summed E-state index contributed by atoms with van der Waals surface area (Å²) in [5.41, 5.74) is 0. The number of ether oxygens (including phenoxy) is 2. The second kappa shape index (κ2) is 5.41. The molecule has 0 radical (unpaired) electrons. The maximum absolute atomic E-state index is 5.61. The molecule has 0 aliphatic carbocycles. The van der Waals surface area contributed by atoms with Crippen LogP contribution in [-0.2, 0) is 0 Å². The first-order valence-corrected chi connectivity index (χ1v) is 7.04. The molecule has 0 fully saturated rings. The van der Waals surface area contributed by atoms with Crippen molar-refractivity contribution in [3.05, 3.63) is 48.5 Å². The Morgan fingerprint density at radius 1 is 0.650 bits per heavy atom. The van der Waals surface area contributed by atoms with Gasteiger partial charge in [0.1, 0.15) is 11.5 Å². The van der Waals surface area contributed by atoms with Gasteiger partial charge in [-0.2, -0.15) is 0 Å². The fourth-order valence-corrected chi connectivity index (χ4v) is 2.52. The molecule has 3 rings (SSSR count). The molecular weight excluding hydrogens is 248 g/mol. The van der Waals surface area contributed by atoms with E-state index in [2.05, 4.69) is 36.4 Å². The summed E-state index contributed by atoms with van der Waals surface area (Å²) in [5.74, 6) is 1.82. The lowest BCUT2D eigenvalue weighted by atomic mass is 10.0. The molecule has 102 valence electrons. The maximum Gasteiger partial charge on any atom is 0.119 e. The average Bonchev–Trinajstić information content (AvgIpc) is 2.48. The average molecular weight is 266 g/mol. The molecule has 0 aliphatic heterocycles. The molecule has 3 aromatic rings. The van der Waals surface area contributed by atoms with E-state index in [4.69, 9.17) is 9.47 Å². The van der Waals surface area contributed by atoms with Gasteiger partial charge < -0.3 is 9.47 Å². The molecule has 2 heteroatoms. The summed E-state index contributed by atoms with van der Waals surface area (Å²) in [6.45, 7) is 5.36. The summed E-state index contributed by atoms with van der Waals surface area (Å²) in [5, 5.41) is 4.84. The van der Waals surface area contributed by atoms with Crippen molar-refractivity contribution in [1.82, 2.24) is 0 Å². The van der Waals surface area contributed by atoms with Crippen molar-refractivity contribution in [2.24, 2.45) is 0 Å². The van der Waals surface area contributed by atoms with E-state index in [0.29, 0.717) is 13.2 Å². The molecule has 2 nitrogen and oxygen atoms in total. The van der Waals surface area contributed by atoms with Crippen LogP contribution in [0.2, 0.25) is 0 Å². The van der Waals surface area contributed by atoms with Gasteiger partial charge in [0.25, 0.3) is 0 Å². The van der Waals surface area contributed by atoms with Gasteiger partial charge in [0.05, 0.1) is 13.2 Å². The molecule has 0 unspecified atom stereocenters. The molecular formula is C18H18O2. The van der Waals surface area contributed by atoms with Gasteiger partial charge in [-0.25, -0.2) is 0 Å². The van der Waals surface area contributed by atoms with Crippen LogP contribution in [0.25, 0.3) is 21.5 Å². The SMILES string of the molecule is CCOc1ccc2ccc3ccc(OCC)cc3c2c1. The number of hydrogen-bond donors (Lipinski definition) is 0. The van der Waals surface area contributed by atoms with Gasteiger partial charge in [0.15, 0.2) is 0 Å². The third-order valence-electron chi connectivity index (χ3n) is 3.40. The molecule has 20 heavy (non-hydrogen) atoms. The van der Waals surface area contributed by atoms with Crippen LogP contribution in [0, 0.1) is 0 Å². The van der Waals surface area contributed by atoms with Crippen LogP contribution in [-0.4, -0.2) is 13.2 Å². The topological polar surface area (TPSA) is 18.5 Å². The Hall–Kier alpha value is -2.22. The maximum atomic E-state index is 5.61. The fraction of sp³-hybridized carbons (Fsp3) is 0.222. The molecule has 0 heterocycles. The summed E-state index contributed by atoms with van der Waals surface area (Å²) in [4.78, 5) is 0. The van der Waals surface area contributed by atoms with Crippen molar-refractivity contribution in [3.8, 4) is 11.5 Å². The molecule has 0 bridgehead atoms. The Labute approximate surface area is 118 Å². The van der Waals surface area contributed by atoms with Crippen LogP contribution >= 0.6 is 0 Å². The Balaban J connectivity index is 2.24. The lowest BCUT2D eigenvalue weighted by Crippen LogP contribution is -1.92. The van der Waals surface area contributed by atoms with Crippen LogP contribution in [0.15, 0.2) is 48.5 Å². The Morgan fingerprint density at radius 2 is 1.05 bits per heavy atom. The second-order valence-corrected chi connectivity index (χ2v) is 4.70. The van der Waals surface area contributed by atoms with E-state index in [-0.39, 0.29) is 0 Å². The number of fused-ring (bicyclic) bond motifs is 3. The van der Waals surface area contributed by atoms with Crippen LogP contribution in [0.1, 0.15) is 13.8 Å². The van der Waals surface area contributed by atoms with E-state index in [1.54, 1.807) is 0 Å². The minimum absolute atomic E-state index is 0.681. The smallest absolute Gasteiger partial charge is 0.119 e. The van der Waals surface area contributed by atoms with E-state index < -0.39 is 0 Å². The highest BCUT2D eigenvalue weighted by atomic mass is 16.5. The van der Waals surface area contributed by atoms with Gasteiger partial charge in [0.2, 0.25) is 0 Å². The van der Waals surface area contributed by atoms with Crippen molar-refractivity contribution in [2.75, 3.05) is 13.2 Å². The van der Waals surface area contributed by atoms with Gasteiger partial charge in [0, 0.05) is 0 Å². The minimum atomic E-state index is 0.681. The first-order chi connectivity index (χ1) is 9.81.